The zero-order valence-electron chi connectivity index (χ0n) is 12.0. The first-order chi connectivity index (χ1) is 10.1. The predicted octanol–water partition coefficient (Wildman–Crippen LogP) is 3.08. The molecule has 0 unspecified atom stereocenters. The highest BCUT2D eigenvalue weighted by atomic mass is 19.1. The van der Waals surface area contributed by atoms with Gasteiger partial charge in [-0.3, -0.25) is 4.79 Å². The second-order valence-electron chi connectivity index (χ2n) is 4.25. The number of hydrogen-bond acceptors (Lipinski definition) is 4. The highest BCUT2D eigenvalue weighted by Crippen LogP contribution is 2.29. The molecule has 0 fully saturated rings. The van der Waals surface area contributed by atoms with Crippen molar-refractivity contribution in [3.63, 3.8) is 0 Å². The molecule has 0 saturated heterocycles. The molecule has 5 heteroatoms. The van der Waals surface area contributed by atoms with E-state index in [-0.39, 0.29) is 17.1 Å². The first-order valence-electron chi connectivity index (χ1n) is 6.21. The van der Waals surface area contributed by atoms with Crippen LogP contribution in [0.2, 0.25) is 0 Å². The van der Waals surface area contributed by atoms with E-state index < -0.39 is 5.82 Å². The number of ketones is 1. The van der Waals surface area contributed by atoms with Gasteiger partial charge in [0, 0.05) is 11.1 Å². The molecule has 0 radical (unpaired) electrons. The van der Waals surface area contributed by atoms with Crippen LogP contribution in [0.1, 0.15) is 15.9 Å². The molecule has 2 aromatic carbocycles. The summed E-state index contributed by atoms with van der Waals surface area (Å²) in [5.74, 6) is 0.174. The molecular weight excluding hydrogens is 275 g/mol. The van der Waals surface area contributed by atoms with Gasteiger partial charge in [0.2, 0.25) is 0 Å². The standard InChI is InChI=1S/C16H15FO4/c1-19-13-6-4-10(8-12(13)17)16(18)11-5-7-14(20-2)15(9-11)21-3/h4-9H,1-3H3. The highest BCUT2D eigenvalue weighted by Gasteiger charge is 2.14. The Balaban J connectivity index is 2.38. The SMILES string of the molecule is COc1ccc(C(=O)c2ccc(OC)c(OC)c2)cc1F. The minimum Gasteiger partial charge on any atom is -0.494 e. The number of halogens is 1. The van der Waals surface area contributed by atoms with Crippen LogP contribution in [0.5, 0.6) is 17.2 Å². The lowest BCUT2D eigenvalue weighted by Crippen LogP contribution is -2.03. The predicted molar refractivity (Wildman–Crippen MR) is 75.9 cm³/mol. The van der Waals surface area contributed by atoms with Crippen LogP contribution in [0.4, 0.5) is 4.39 Å². The third kappa shape index (κ3) is 2.97. The summed E-state index contributed by atoms with van der Waals surface area (Å²) < 4.78 is 28.8. The summed E-state index contributed by atoms with van der Waals surface area (Å²) in [6.07, 6.45) is 0. The summed E-state index contributed by atoms with van der Waals surface area (Å²) in [6, 6.07) is 8.88. The van der Waals surface area contributed by atoms with E-state index in [1.807, 2.05) is 0 Å². The summed E-state index contributed by atoms with van der Waals surface area (Å²) in [5, 5.41) is 0. The topological polar surface area (TPSA) is 44.8 Å². The minimum absolute atomic E-state index is 0.0962. The van der Waals surface area contributed by atoms with Crippen LogP contribution < -0.4 is 14.2 Å². The largest absolute Gasteiger partial charge is 0.494 e. The van der Waals surface area contributed by atoms with E-state index >= 15 is 0 Å². The van der Waals surface area contributed by atoms with Crippen molar-refractivity contribution in [3.05, 3.63) is 53.3 Å². The average Bonchev–Trinajstić information content (AvgIpc) is 2.53. The van der Waals surface area contributed by atoms with Crippen LogP contribution in [0.25, 0.3) is 0 Å². The van der Waals surface area contributed by atoms with E-state index in [2.05, 4.69) is 0 Å². The zero-order valence-corrected chi connectivity index (χ0v) is 12.0. The van der Waals surface area contributed by atoms with E-state index in [1.54, 1.807) is 18.2 Å². The molecule has 0 aliphatic heterocycles. The molecular formula is C16H15FO4. The molecule has 0 atom stereocenters. The van der Waals surface area contributed by atoms with Crippen molar-refractivity contribution in [2.75, 3.05) is 21.3 Å². The molecule has 0 saturated carbocycles. The molecule has 21 heavy (non-hydrogen) atoms. The second kappa shape index (κ2) is 6.26. The summed E-state index contributed by atoms with van der Waals surface area (Å²) in [4.78, 5) is 12.4. The zero-order chi connectivity index (χ0) is 15.4. The van der Waals surface area contributed by atoms with Crippen molar-refractivity contribution >= 4 is 5.78 Å². The Morgan fingerprint density at radius 1 is 0.810 bits per heavy atom. The molecule has 0 aliphatic carbocycles. The van der Waals surface area contributed by atoms with E-state index in [4.69, 9.17) is 14.2 Å². The van der Waals surface area contributed by atoms with E-state index in [0.717, 1.165) is 6.07 Å². The molecule has 0 amide bonds. The number of carbonyl (C=O) groups is 1. The Hall–Kier alpha value is -2.56. The molecule has 2 rings (SSSR count). The maximum absolute atomic E-state index is 13.7. The summed E-state index contributed by atoms with van der Waals surface area (Å²) >= 11 is 0. The van der Waals surface area contributed by atoms with Crippen LogP contribution in [-0.2, 0) is 0 Å². The lowest BCUT2D eigenvalue weighted by molar-refractivity contribution is 0.103. The Kier molecular flexibility index (Phi) is 4.42. The number of ether oxygens (including phenoxy) is 3. The molecule has 0 aliphatic rings. The minimum atomic E-state index is -0.580. The van der Waals surface area contributed by atoms with Crippen molar-refractivity contribution in [3.8, 4) is 17.2 Å². The van der Waals surface area contributed by atoms with Crippen molar-refractivity contribution in [1.29, 1.82) is 0 Å². The van der Waals surface area contributed by atoms with Gasteiger partial charge in [-0.25, -0.2) is 4.39 Å². The van der Waals surface area contributed by atoms with Crippen LogP contribution in [0.15, 0.2) is 36.4 Å². The molecule has 0 heterocycles. The van der Waals surface area contributed by atoms with Gasteiger partial charge in [0.05, 0.1) is 21.3 Å². The van der Waals surface area contributed by atoms with Crippen LogP contribution in [0, 0.1) is 5.82 Å². The number of methoxy groups -OCH3 is 3. The Labute approximate surface area is 122 Å². The van der Waals surface area contributed by atoms with E-state index in [1.165, 1.54) is 33.5 Å². The smallest absolute Gasteiger partial charge is 0.193 e. The van der Waals surface area contributed by atoms with Crippen LogP contribution >= 0.6 is 0 Å². The van der Waals surface area contributed by atoms with Gasteiger partial charge in [-0.05, 0) is 36.4 Å². The third-order valence-electron chi connectivity index (χ3n) is 3.06. The molecule has 2 aromatic rings. The van der Waals surface area contributed by atoms with E-state index in [0.29, 0.717) is 17.1 Å². The van der Waals surface area contributed by atoms with Crippen molar-refractivity contribution in [1.82, 2.24) is 0 Å². The van der Waals surface area contributed by atoms with Crippen LogP contribution in [0.3, 0.4) is 0 Å². The number of rotatable bonds is 5. The molecule has 0 aromatic heterocycles. The first kappa shape index (κ1) is 14.8. The van der Waals surface area contributed by atoms with Gasteiger partial charge in [0.25, 0.3) is 0 Å². The lowest BCUT2D eigenvalue weighted by atomic mass is 10.0. The van der Waals surface area contributed by atoms with Crippen molar-refractivity contribution < 1.29 is 23.4 Å². The monoisotopic (exact) mass is 290 g/mol. The van der Waals surface area contributed by atoms with Gasteiger partial charge in [0.1, 0.15) is 0 Å². The molecule has 0 spiro atoms. The average molecular weight is 290 g/mol. The van der Waals surface area contributed by atoms with Gasteiger partial charge >= 0.3 is 0 Å². The lowest BCUT2D eigenvalue weighted by Gasteiger charge is -2.09. The first-order valence-corrected chi connectivity index (χ1v) is 6.21. The Bertz CT molecular complexity index is 667. The highest BCUT2D eigenvalue weighted by molar-refractivity contribution is 6.09. The third-order valence-corrected chi connectivity index (χ3v) is 3.06. The fourth-order valence-electron chi connectivity index (χ4n) is 1.95. The van der Waals surface area contributed by atoms with Gasteiger partial charge in [-0.15, -0.1) is 0 Å². The number of benzene rings is 2. The quantitative estimate of drug-likeness (QED) is 0.794. The van der Waals surface area contributed by atoms with Gasteiger partial charge in [-0.1, -0.05) is 0 Å². The van der Waals surface area contributed by atoms with Gasteiger partial charge in [0.15, 0.2) is 28.8 Å². The fraction of sp³-hybridized carbons (Fsp3) is 0.188. The maximum atomic E-state index is 13.7. The van der Waals surface area contributed by atoms with Crippen LogP contribution in [-0.4, -0.2) is 27.1 Å². The summed E-state index contributed by atoms with van der Waals surface area (Å²) in [6.45, 7) is 0. The summed E-state index contributed by atoms with van der Waals surface area (Å²) in [7, 11) is 4.37. The molecule has 0 N–H and O–H groups in total. The fourth-order valence-corrected chi connectivity index (χ4v) is 1.95. The van der Waals surface area contributed by atoms with Gasteiger partial charge in [-0.2, -0.15) is 0 Å². The summed E-state index contributed by atoms with van der Waals surface area (Å²) in [5.41, 5.74) is 0.623. The van der Waals surface area contributed by atoms with Crippen molar-refractivity contribution in [2.45, 2.75) is 0 Å². The normalized spacial score (nSPS) is 10.1. The molecule has 110 valence electrons. The Morgan fingerprint density at radius 3 is 1.86 bits per heavy atom. The van der Waals surface area contributed by atoms with E-state index in [9.17, 15) is 9.18 Å². The molecule has 4 nitrogen and oxygen atoms in total. The van der Waals surface area contributed by atoms with Gasteiger partial charge < -0.3 is 14.2 Å². The second-order valence-corrected chi connectivity index (χ2v) is 4.25. The van der Waals surface area contributed by atoms with Crippen molar-refractivity contribution in [2.24, 2.45) is 0 Å². The Morgan fingerprint density at radius 2 is 1.33 bits per heavy atom. The maximum Gasteiger partial charge on any atom is 0.193 e. The number of carbonyl (C=O) groups excluding carboxylic acids is 1. The number of hydrogen-bond donors (Lipinski definition) is 0. The molecule has 0 bridgehead atoms.